The lowest BCUT2D eigenvalue weighted by atomic mass is 9.97. The molecule has 0 aliphatic carbocycles. The van der Waals surface area contributed by atoms with Crippen molar-refractivity contribution >= 4 is 0 Å². The van der Waals surface area contributed by atoms with Gasteiger partial charge >= 0.3 is 0 Å². The third-order valence-electron chi connectivity index (χ3n) is 4.68. The first kappa shape index (κ1) is 15.2. The van der Waals surface area contributed by atoms with E-state index in [0.29, 0.717) is 6.61 Å². The van der Waals surface area contributed by atoms with Crippen LogP contribution in [-0.4, -0.2) is 63.5 Å². The highest BCUT2D eigenvalue weighted by Gasteiger charge is 2.39. The lowest BCUT2D eigenvalue weighted by molar-refractivity contribution is 0.0644. The Hall–Kier alpha value is -0.160. The second-order valence-corrected chi connectivity index (χ2v) is 5.89. The van der Waals surface area contributed by atoms with Crippen molar-refractivity contribution in [1.82, 2.24) is 10.2 Å². The van der Waals surface area contributed by atoms with E-state index in [2.05, 4.69) is 17.3 Å². The van der Waals surface area contributed by atoms with E-state index in [-0.39, 0.29) is 0 Å². The van der Waals surface area contributed by atoms with Gasteiger partial charge in [0.2, 0.25) is 0 Å². The number of hydrogen-bond donors (Lipinski definition) is 1. The van der Waals surface area contributed by atoms with Gasteiger partial charge in [0.1, 0.15) is 0 Å². The maximum absolute atomic E-state index is 5.51. The average Bonchev–Trinajstić information content (AvgIpc) is 2.67. The predicted molar refractivity (Wildman–Crippen MR) is 77.5 cm³/mol. The van der Waals surface area contributed by atoms with Crippen molar-refractivity contribution in [2.45, 2.75) is 56.7 Å². The molecule has 2 fully saturated rings. The zero-order valence-electron chi connectivity index (χ0n) is 12.6. The second-order valence-electron chi connectivity index (χ2n) is 5.89. The summed E-state index contributed by atoms with van der Waals surface area (Å²) in [5.41, 5.74) is 0. The maximum Gasteiger partial charge on any atom is 0.0700 e. The third-order valence-corrected chi connectivity index (χ3v) is 4.68. The van der Waals surface area contributed by atoms with Crippen LogP contribution in [-0.2, 0) is 9.47 Å². The molecule has 0 spiro atoms. The molecule has 2 saturated heterocycles. The fourth-order valence-corrected chi connectivity index (χ4v) is 3.62. The molecule has 0 radical (unpaired) electrons. The Morgan fingerprint density at radius 3 is 2.42 bits per heavy atom. The van der Waals surface area contributed by atoms with Crippen LogP contribution in [0.4, 0.5) is 0 Å². The summed E-state index contributed by atoms with van der Waals surface area (Å²) in [7, 11) is 3.82. The number of fused-ring (bicyclic) bond motifs is 2. The lowest BCUT2D eigenvalue weighted by Gasteiger charge is -2.39. The van der Waals surface area contributed by atoms with E-state index in [4.69, 9.17) is 9.47 Å². The number of piperidine rings is 1. The number of hydrogen-bond acceptors (Lipinski definition) is 4. The van der Waals surface area contributed by atoms with E-state index in [1.54, 1.807) is 7.11 Å². The number of nitrogens with zero attached hydrogens (tertiary/aromatic N) is 1. The van der Waals surface area contributed by atoms with E-state index in [0.717, 1.165) is 31.3 Å². The van der Waals surface area contributed by atoms with Crippen molar-refractivity contribution in [2.75, 3.05) is 40.5 Å². The molecular weight excluding hydrogens is 240 g/mol. The largest absolute Gasteiger partial charge is 0.382 e. The Bertz CT molecular complexity index is 236. The predicted octanol–water partition coefficient (Wildman–Crippen LogP) is 1.64. The SMILES string of the molecule is CNC1CC2CCC(C1)N2CCCCOCCOC. The highest BCUT2D eigenvalue weighted by Crippen LogP contribution is 2.35. The summed E-state index contributed by atoms with van der Waals surface area (Å²) in [5, 5.41) is 3.46. The molecule has 2 bridgehead atoms. The zero-order chi connectivity index (χ0) is 13.5. The highest BCUT2D eigenvalue weighted by molar-refractivity contribution is 4.96. The van der Waals surface area contributed by atoms with Crippen LogP contribution in [0.1, 0.15) is 38.5 Å². The van der Waals surface area contributed by atoms with Crippen molar-refractivity contribution in [3.63, 3.8) is 0 Å². The minimum atomic E-state index is 0.710. The Morgan fingerprint density at radius 2 is 1.79 bits per heavy atom. The molecule has 0 aromatic heterocycles. The molecule has 0 saturated carbocycles. The van der Waals surface area contributed by atoms with Gasteiger partial charge < -0.3 is 14.8 Å². The maximum atomic E-state index is 5.51. The molecule has 0 aromatic carbocycles. The van der Waals surface area contributed by atoms with Crippen LogP contribution in [0.15, 0.2) is 0 Å². The van der Waals surface area contributed by atoms with Crippen molar-refractivity contribution in [3.8, 4) is 0 Å². The van der Waals surface area contributed by atoms with Crippen LogP contribution in [0.3, 0.4) is 0 Å². The summed E-state index contributed by atoms with van der Waals surface area (Å²) in [6.07, 6.45) is 7.95. The molecule has 19 heavy (non-hydrogen) atoms. The Balaban J connectivity index is 1.57. The van der Waals surface area contributed by atoms with Gasteiger partial charge in [-0.1, -0.05) is 0 Å². The van der Waals surface area contributed by atoms with Crippen LogP contribution < -0.4 is 5.32 Å². The van der Waals surface area contributed by atoms with Crippen LogP contribution in [0, 0.1) is 0 Å². The van der Waals surface area contributed by atoms with E-state index in [1.807, 2.05) is 0 Å². The van der Waals surface area contributed by atoms with Crippen molar-refractivity contribution in [2.24, 2.45) is 0 Å². The summed E-state index contributed by atoms with van der Waals surface area (Å²) in [6.45, 7) is 3.59. The Kier molecular flexibility index (Phi) is 6.57. The smallest absolute Gasteiger partial charge is 0.0700 e. The van der Waals surface area contributed by atoms with Gasteiger partial charge in [-0.05, 0) is 52.1 Å². The van der Waals surface area contributed by atoms with Gasteiger partial charge in [-0.25, -0.2) is 0 Å². The van der Waals surface area contributed by atoms with Gasteiger partial charge in [0.25, 0.3) is 0 Å². The molecule has 0 aromatic rings. The molecule has 2 rings (SSSR count). The standard InChI is InChI=1S/C15H30N2O2/c1-16-13-11-14-5-6-15(12-13)17(14)7-3-4-8-19-10-9-18-2/h13-16H,3-12H2,1-2H3. The molecule has 2 heterocycles. The molecule has 2 aliphatic heterocycles. The fraction of sp³-hybridized carbons (Fsp3) is 1.00. The molecule has 0 amide bonds. The number of unbranched alkanes of at least 4 members (excludes halogenated alkanes) is 1. The Morgan fingerprint density at radius 1 is 1.05 bits per heavy atom. The van der Waals surface area contributed by atoms with Crippen molar-refractivity contribution < 1.29 is 9.47 Å². The molecule has 4 heteroatoms. The minimum absolute atomic E-state index is 0.710. The van der Waals surface area contributed by atoms with Gasteiger partial charge in [0.05, 0.1) is 13.2 Å². The van der Waals surface area contributed by atoms with E-state index in [1.165, 1.54) is 45.1 Å². The summed E-state index contributed by atoms with van der Waals surface area (Å²) in [5.74, 6) is 0. The summed E-state index contributed by atoms with van der Waals surface area (Å²) in [4.78, 5) is 2.77. The average molecular weight is 270 g/mol. The highest BCUT2D eigenvalue weighted by atomic mass is 16.5. The quantitative estimate of drug-likeness (QED) is 0.646. The third kappa shape index (κ3) is 4.42. The van der Waals surface area contributed by atoms with E-state index in [9.17, 15) is 0 Å². The van der Waals surface area contributed by atoms with Gasteiger partial charge in [-0.3, -0.25) is 4.90 Å². The first-order chi connectivity index (χ1) is 9.35. The van der Waals surface area contributed by atoms with Gasteiger partial charge in [0.15, 0.2) is 0 Å². The van der Waals surface area contributed by atoms with Crippen LogP contribution >= 0.6 is 0 Å². The molecule has 2 atom stereocenters. The van der Waals surface area contributed by atoms with Gasteiger partial charge in [-0.15, -0.1) is 0 Å². The summed E-state index contributed by atoms with van der Waals surface area (Å²) in [6, 6.07) is 2.43. The van der Waals surface area contributed by atoms with Crippen LogP contribution in [0.25, 0.3) is 0 Å². The zero-order valence-corrected chi connectivity index (χ0v) is 12.6. The number of methoxy groups -OCH3 is 1. The molecule has 112 valence electrons. The van der Waals surface area contributed by atoms with E-state index >= 15 is 0 Å². The minimum Gasteiger partial charge on any atom is -0.382 e. The van der Waals surface area contributed by atoms with Crippen LogP contribution in [0.2, 0.25) is 0 Å². The molecule has 4 nitrogen and oxygen atoms in total. The molecule has 2 unspecified atom stereocenters. The van der Waals surface area contributed by atoms with Crippen molar-refractivity contribution in [1.29, 1.82) is 0 Å². The van der Waals surface area contributed by atoms with Crippen molar-refractivity contribution in [3.05, 3.63) is 0 Å². The first-order valence-electron chi connectivity index (χ1n) is 7.85. The fourth-order valence-electron chi connectivity index (χ4n) is 3.62. The first-order valence-corrected chi connectivity index (χ1v) is 7.85. The number of nitrogens with one attached hydrogen (secondary N) is 1. The van der Waals surface area contributed by atoms with Gasteiger partial charge in [-0.2, -0.15) is 0 Å². The van der Waals surface area contributed by atoms with Crippen LogP contribution in [0.5, 0.6) is 0 Å². The molecular formula is C15H30N2O2. The van der Waals surface area contributed by atoms with E-state index < -0.39 is 0 Å². The Labute approximate surface area is 117 Å². The summed E-state index contributed by atoms with van der Waals surface area (Å²) >= 11 is 0. The normalized spacial score (nSPS) is 30.9. The molecule has 1 N–H and O–H groups in total. The molecule has 2 aliphatic rings. The summed E-state index contributed by atoms with van der Waals surface area (Å²) < 4.78 is 10.5. The second kappa shape index (κ2) is 8.20. The topological polar surface area (TPSA) is 33.7 Å². The monoisotopic (exact) mass is 270 g/mol. The number of rotatable bonds is 9. The van der Waals surface area contributed by atoms with Gasteiger partial charge in [0, 0.05) is 31.8 Å². The number of ether oxygens (including phenoxy) is 2. The lowest BCUT2D eigenvalue weighted by Crippen LogP contribution is -2.48.